The molecule has 3 aromatic rings. The average molecular weight is 393 g/mol. The molecule has 2 amide bonds. The molecule has 1 N–H and O–H groups in total. The molecule has 0 radical (unpaired) electrons. The molecular weight excluding hydrogens is 370 g/mol. The van der Waals surface area contributed by atoms with Crippen molar-refractivity contribution in [3.63, 3.8) is 0 Å². The van der Waals surface area contributed by atoms with Crippen molar-refractivity contribution in [1.82, 2.24) is 20.0 Å². The van der Waals surface area contributed by atoms with Crippen molar-refractivity contribution in [2.24, 2.45) is 0 Å². The Kier molecular flexibility index (Phi) is 5.26. The first-order valence-electron chi connectivity index (χ1n) is 9.52. The van der Waals surface area contributed by atoms with Crippen LogP contribution >= 0.6 is 0 Å². The first-order chi connectivity index (χ1) is 14.0. The number of aryl methyl sites for hydroxylation is 2. The first kappa shape index (κ1) is 19.1. The Labute approximate surface area is 168 Å². The van der Waals surface area contributed by atoms with Gasteiger partial charge < -0.3 is 19.5 Å². The maximum absolute atomic E-state index is 13.0. The average Bonchev–Trinajstić information content (AvgIpc) is 3.16. The molecule has 2 atom stereocenters. The van der Waals surface area contributed by atoms with Crippen LogP contribution in [0.3, 0.4) is 0 Å². The van der Waals surface area contributed by atoms with Gasteiger partial charge in [0.2, 0.25) is 0 Å². The quantitative estimate of drug-likeness (QED) is 0.729. The predicted octanol–water partition coefficient (Wildman–Crippen LogP) is 3.74. The minimum Gasteiger partial charge on any atom is -0.362 e. The second kappa shape index (κ2) is 8.00. The molecule has 8 nitrogen and oxygen atoms in total. The fourth-order valence-corrected chi connectivity index (χ4v) is 3.36. The summed E-state index contributed by atoms with van der Waals surface area (Å²) in [7, 11) is 0. The lowest BCUT2D eigenvalue weighted by Crippen LogP contribution is -2.47. The highest BCUT2D eigenvalue weighted by atomic mass is 16.5. The molecule has 29 heavy (non-hydrogen) atoms. The number of nitrogens with zero attached hydrogens (tertiary/aromatic N) is 4. The van der Waals surface area contributed by atoms with Gasteiger partial charge in [0, 0.05) is 30.2 Å². The van der Waals surface area contributed by atoms with Gasteiger partial charge in [-0.25, -0.2) is 4.79 Å². The maximum Gasteiger partial charge on any atom is 0.322 e. The van der Waals surface area contributed by atoms with Crippen molar-refractivity contribution in [3.05, 3.63) is 60.0 Å². The van der Waals surface area contributed by atoms with Gasteiger partial charge in [0.25, 0.3) is 5.89 Å². The molecule has 1 saturated heterocycles. The van der Waals surface area contributed by atoms with Crippen LogP contribution in [0.25, 0.3) is 11.1 Å². The molecule has 3 heterocycles. The van der Waals surface area contributed by atoms with Gasteiger partial charge in [-0.15, -0.1) is 0 Å². The lowest BCUT2D eigenvalue weighted by atomic mass is 10.0. The van der Waals surface area contributed by atoms with Gasteiger partial charge in [-0.05, 0) is 44.0 Å². The van der Waals surface area contributed by atoms with Crippen LogP contribution in [0.15, 0.2) is 47.2 Å². The molecule has 1 aromatic carbocycles. The van der Waals surface area contributed by atoms with E-state index in [4.69, 9.17) is 9.26 Å². The van der Waals surface area contributed by atoms with Crippen LogP contribution in [-0.2, 0) is 4.74 Å². The van der Waals surface area contributed by atoms with Gasteiger partial charge in [-0.2, -0.15) is 4.98 Å². The maximum atomic E-state index is 13.0. The molecule has 0 saturated carbocycles. The zero-order chi connectivity index (χ0) is 20.4. The first-order valence-corrected chi connectivity index (χ1v) is 9.52. The van der Waals surface area contributed by atoms with E-state index in [9.17, 15) is 4.79 Å². The number of ether oxygens (including phenoxy) is 1. The minimum atomic E-state index is -0.437. The Hall–Kier alpha value is -3.26. The molecule has 2 aromatic heterocycles. The van der Waals surface area contributed by atoms with Gasteiger partial charge >= 0.3 is 6.03 Å². The molecule has 8 heteroatoms. The molecule has 0 spiro atoms. The largest absolute Gasteiger partial charge is 0.362 e. The Balaban J connectivity index is 1.51. The summed E-state index contributed by atoms with van der Waals surface area (Å²) in [5.74, 6) is 0.933. The Bertz CT molecular complexity index is 1000. The lowest BCUT2D eigenvalue weighted by Gasteiger charge is -2.35. The van der Waals surface area contributed by atoms with Crippen molar-refractivity contribution in [2.75, 3.05) is 18.4 Å². The fourth-order valence-electron chi connectivity index (χ4n) is 3.36. The number of hydrogen-bond acceptors (Lipinski definition) is 6. The number of hydrogen-bond donors (Lipinski definition) is 1. The van der Waals surface area contributed by atoms with Gasteiger partial charge in [0.05, 0.1) is 12.6 Å². The number of anilines is 1. The number of aromatic nitrogens is 3. The zero-order valence-electron chi connectivity index (χ0n) is 16.6. The third kappa shape index (κ3) is 4.27. The molecule has 150 valence electrons. The molecule has 4 rings (SSSR count). The number of morpholine rings is 1. The van der Waals surface area contributed by atoms with E-state index in [1.54, 1.807) is 24.2 Å². The van der Waals surface area contributed by atoms with Crippen LogP contribution in [0.2, 0.25) is 0 Å². The third-order valence-corrected chi connectivity index (χ3v) is 4.84. The van der Waals surface area contributed by atoms with E-state index in [1.807, 2.05) is 44.2 Å². The highest BCUT2D eigenvalue weighted by Gasteiger charge is 2.32. The number of nitrogens with one attached hydrogen (secondary N) is 1. The highest BCUT2D eigenvalue weighted by molar-refractivity contribution is 5.91. The third-order valence-electron chi connectivity index (χ3n) is 4.84. The number of benzene rings is 1. The van der Waals surface area contributed by atoms with Crippen LogP contribution in [0.5, 0.6) is 0 Å². The van der Waals surface area contributed by atoms with Crippen LogP contribution in [0.4, 0.5) is 10.5 Å². The monoisotopic (exact) mass is 393 g/mol. The number of urea groups is 1. The summed E-state index contributed by atoms with van der Waals surface area (Å²) in [5, 5.41) is 6.85. The molecule has 0 unspecified atom stereocenters. The van der Waals surface area contributed by atoms with E-state index >= 15 is 0 Å². The number of rotatable bonds is 3. The van der Waals surface area contributed by atoms with Crippen molar-refractivity contribution in [3.8, 4) is 11.1 Å². The summed E-state index contributed by atoms with van der Waals surface area (Å²) in [6.07, 6.45) is 2.96. The van der Waals surface area contributed by atoms with Gasteiger partial charge in [0.1, 0.15) is 0 Å². The van der Waals surface area contributed by atoms with Crippen molar-refractivity contribution < 1.29 is 14.1 Å². The van der Waals surface area contributed by atoms with Crippen molar-refractivity contribution >= 4 is 11.7 Å². The van der Waals surface area contributed by atoms with E-state index in [1.165, 1.54) is 0 Å². The molecule has 1 fully saturated rings. The molecule has 0 bridgehead atoms. The second-order valence-electron chi connectivity index (χ2n) is 7.22. The number of pyridine rings is 1. The summed E-state index contributed by atoms with van der Waals surface area (Å²) in [4.78, 5) is 23.1. The van der Waals surface area contributed by atoms with Gasteiger partial charge in [-0.3, -0.25) is 4.98 Å². The summed E-state index contributed by atoms with van der Waals surface area (Å²) in [5.41, 5.74) is 3.74. The van der Waals surface area contributed by atoms with E-state index < -0.39 is 6.10 Å². The Morgan fingerprint density at radius 3 is 2.79 bits per heavy atom. The number of amides is 2. The standard InChI is InChI=1S/C21H23N5O3/c1-13-6-7-16(17-5-4-8-22-10-17)9-18(13)24-21(27)26-11-14(2)28-19(12-26)20-23-15(3)25-29-20/h4-10,14,19H,11-12H2,1-3H3,(H,24,27)/t14-,19-/m1/s1. The van der Waals surface area contributed by atoms with Crippen molar-refractivity contribution in [1.29, 1.82) is 0 Å². The van der Waals surface area contributed by atoms with Crippen molar-refractivity contribution in [2.45, 2.75) is 33.0 Å². The van der Waals surface area contributed by atoms with Crippen LogP contribution in [0.1, 0.15) is 30.3 Å². The normalized spacial score (nSPS) is 19.2. The molecule has 1 aliphatic heterocycles. The van der Waals surface area contributed by atoms with E-state index in [0.717, 1.165) is 22.4 Å². The Morgan fingerprint density at radius 1 is 1.21 bits per heavy atom. The summed E-state index contributed by atoms with van der Waals surface area (Å²) < 4.78 is 11.1. The van der Waals surface area contributed by atoms with E-state index in [0.29, 0.717) is 24.8 Å². The minimum absolute atomic E-state index is 0.144. The predicted molar refractivity (Wildman–Crippen MR) is 107 cm³/mol. The number of carbonyl (C=O) groups is 1. The van der Waals surface area contributed by atoms with Crippen LogP contribution in [-0.4, -0.2) is 45.2 Å². The summed E-state index contributed by atoms with van der Waals surface area (Å²) in [6.45, 7) is 6.47. The summed E-state index contributed by atoms with van der Waals surface area (Å²) in [6, 6.07) is 9.67. The highest BCUT2D eigenvalue weighted by Crippen LogP contribution is 2.27. The topological polar surface area (TPSA) is 93.4 Å². The molecular formula is C21H23N5O3. The Morgan fingerprint density at radius 2 is 2.07 bits per heavy atom. The fraction of sp³-hybridized carbons (Fsp3) is 0.333. The van der Waals surface area contributed by atoms with Crippen LogP contribution < -0.4 is 5.32 Å². The lowest BCUT2D eigenvalue weighted by molar-refractivity contribution is -0.0769. The summed E-state index contributed by atoms with van der Waals surface area (Å²) >= 11 is 0. The number of carbonyl (C=O) groups excluding carboxylic acids is 1. The van der Waals surface area contributed by atoms with E-state index in [2.05, 4.69) is 20.4 Å². The van der Waals surface area contributed by atoms with Gasteiger partial charge in [-0.1, -0.05) is 23.4 Å². The zero-order valence-corrected chi connectivity index (χ0v) is 16.6. The second-order valence-corrected chi connectivity index (χ2v) is 7.22. The molecule has 0 aliphatic carbocycles. The van der Waals surface area contributed by atoms with Gasteiger partial charge in [0.15, 0.2) is 11.9 Å². The molecule has 1 aliphatic rings. The van der Waals surface area contributed by atoms with Crippen LogP contribution in [0, 0.1) is 13.8 Å². The van der Waals surface area contributed by atoms with E-state index in [-0.39, 0.29) is 12.1 Å². The smallest absolute Gasteiger partial charge is 0.322 e. The SMILES string of the molecule is Cc1noc([C@H]2CN(C(=O)Nc3cc(-c4cccnc4)ccc3C)C[C@@H](C)O2)n1.